The number of thiocarbonyl (C=S) groups is 1. The molecule has 0 aliphatic heterocycles. The third kappa shape index (κ3) is 5.09. The molecule has 0 bridgehead atoms. The lowest BCUT2D eigenvalue weighted by Crippen LogP contribution is -2.26. The Bertz CT molecular complexity index is 619. The molecule has 0 saturated carbocycles. The van der Waals surface area contributed by atoms with E-state index in [9.17, 15) is 0 Å². The second-order valence-electron chi connectivity index (χ2n) is 4.66. The van der Waals surface area contributed by atoms with Crippen LogP contribution in [0, 0.1) is 0 Å². The molecule has 0 atom stereocenters. The molecule has 22 heavy (non-hydrogen) atoms. The van der Waals surface area contributed by atoms with Gasteiger partial charge in [0, 0.05) is 18.1 Å². The summed E-state index contributed by atoms with van der Waals surface area (Å²) in [6.45, 7) is 1.78. The van der Waals surface area contributed by atoms with Crippen LogP contribution in [0.3, 0.4) is 0 Å². The molecule has 1 N–H and O–H groups in total. The van der Waals surface area contributed by atoms with Crippen molar-refractivity contribution in [1.82, 2.24) is 5.32 Å². The van der Waals surface area contributed by atoms with Crippen molar-refractivity contribution in [2.75, 3.05) is 20.3 Å². The minimum atomic E-state index is 0.510. The fraction of sp³-hybridized carbons (Fsp3) is 0.235. The van der Waals surface area contributed by atoms with E-state index in [1.54, 1.807) is 7.11 Å². The minimum absolute atomic E-state index is 0.510. The number of hydrogen-bond acceptors (Lipinski definition) is 3. The van der Waals surface area contributed by atoms with E-state index in [1.165, 1.54) is 0 Å². The summed E-state index contributed by atoms with van der Waals surface area (Å²) in [5.74, 6) is 0.766. The van der Waals surface area contributed by atoms with E-state index in [0.717, 1.165) is 21.3 Å². The van der Waals surface area contributed by atoms with Crippen molar-refractivity contribution in [1.29, 1.82) is 0 Å². The smallest absolute Gasteiger partial charge is 0.130 e. The molecule has 2 rings (SSSR count). The lowest BCUT2D eigenvalue weighted by Gasteiger charge is -2.14. The predicted octanol–water partition coefficient (Wildman–Crippen LogP) is 3.94. The molecule has 0 aliphatic rings. The van der Waals surface area contributed by atoms with Gasteiger partial charge in [0.2, 0.25) is 0 Å². The Morgan fingerprint density at radius 2 is 1.95 bits per heavy atom. The second kappa shape index (κ2) is 8.88. The van der Waals surface area contributed by atoms with Crippen molar-refractivity contribution in [2.45, 2.75) is 6.61 Å². The van der Waals surface area contributed by atoms with Crippen molar-refractivity contribution in [2.24, 2.45) is 0 Å². The number of nitrogens with one attached hydrogen (secondary N) is 1. The van der Waals surface area contributed by atoms with E-state index in [4.69, 9.17) is 21.7 Å². The van der Waals surface area contributed by atoms with Crippen LogP contribution in [0.2, 0.25) is 0 Å². The van der Waals surface area contributed by atoms with E-state index in [-0.39, 0.29) is 0 Å². The van der Waals surface area contributed by atoms with Crippen LogP contribution in [0.4, 0.5) is 0 Å². The Labute approximate surface area is 144 Å². The lowest BCUT2D eigenvalue weighted by atomic mass is 10.2. The summed E-state index contributed by atoms with van der Waals surface area (Å²) in [4.78, 5) is 0.654. The Balaban J connectivity index is 2.08. The molecule has 2 aromatic rings. The topological polar surface area (TPSA) is 30.5 Å². The summed E-state index contributed by atoms with van der Waals surface area (Å²) >= 11 is 8.92. The van der Waals surface area contributed by atoms with Crippen LogP contribution in [0.1, 0.15) is 11.1 Å². The van der Waals surface area contributed by atoms with Crippen molar-refractivity contribution >= 4 is 33.1 Å². The third-order valence-electron chi connectivity index (χ3n) is 3.02. The van der Waals surface area contributed by atoms with E-state index in [2.05, 4.69) is 21.2 Å². The molecule has 0 saturated heterocycles. The Kier molecular flexibility index (Phi) is 6.83. The number of methoxy groups -OCH3 is 1. The summed E-state index contributed by atoms with van der Waals surface area (Å²) in [6, 6.07) is 15.9. The second-order valence-corrected chi connectivity index (χ2v) is 5.99. The first-order chi connectivity index (χ1) is 10.7. The Morgan fingerprint density at radius 3 is 2.68 bits per heavy atom. The normalized spacial score (nSPS) is 10.3. The summed E-state index contributed by atoms with van der Waals surface area (Å²) < 4.78 is 11.9. The van der Waals surface area contributed by atoms with Gasteiger partial charge < -0.3 is 14.8 Å². The highest BCUT2D eigenvalue weighted by molar-refractivity contribution is 9.10. The maximum absolute atomic E-state index is 5.93. The van der Waals surface area contributed by atoms with E-state index < -0.39 is 0 Å². The molecule has 0 unspecified atom stereocenters. The molecule has 0 radical (unpaired) electrons. The number of ether oxygens (including phenoxy) is 2. The van der Waals surface area contributed by atoms with E-state index in [1.807, 2.05) is 48.5 Å². The highest BCUT2D eigenvalue weighted by atomic mass is 79.9. The van der Waals surface area contributed by atoms with Gasteiger partial charge in [0.25, 0.3) is 0 Å². The molecule has 0 heterocycles. The van der Waals surface area contributed by atoms with Gasteiger partial charge in [-0.3, -0.25) is 0 Å². The first kappa shape index (κ1) is 16.9. The van der Waals surface area contributed by atoms with Crippen LogP contribution in [0.15, 0.2) is 53.0 Å². The van der Waals surface area contributed by atoms with Crippen molar-refractivity contribution in [3.05, 3.63) is 64.1 Å². The molecule has 0 spiro atoms. The van der Waals surface area contributed by atoms with Gasteiger partial charge in [-0.1, -0.05) is 58.5 Å². The predicted molar refractivity (Wildman–Crippen MR) is 96.5 cm³/mol. The Hall–Kier alpha value is -1.43. The highest BCUT2D eigenvalue weighted by Crippen LogP contribution is 2.24. The van der Waals surface area contributed by atoms with Crippen LogP contribution in [0.25, 0.3) is 0 Å². The molecule has 0 aromatic heterocycles. The summed E-state index contributed by atoms with van der Waals surface area (Å²) in [5, 5.41) is 3.17. The van der Waals surface area contributed by atoms with Crippen molar-refractivity contribution in [3.8, 4) is 5.75 Å². The van der Waals surface area contributed by atoms with Crippen LogP contribution in [0.5, 0.6) is 5.75 Å². The van der Waals surface area contributed by atoms with Crippen LogP contribution >= 0.6 is 28.1 Å². The van der Waals surface area contributed by atoms with Gasteiger partial charge in [-0.15, -0.1) is 0 Å². The number of halogens is 1. The average molecular weight is 380 g/mol. The molecule has 3 nitrogen and oxygen atoms in total. The largest absolute Gasteiger partial charge is 0.488 e. The highest BCUT2D eigenvalue weighted by Gasteiger charge is 2.10. The monoisotopic (exact) mass is 379 g/mol. The van der Waals surface area contributed by atoms with Crippen molar-refractivity contribution < 1.29 is 9.47 Å². The minimum Gasteiger partial charge on any atom is -0.488 e. The standard InChI is InChI=1S/C17H18BrNO2S/c1-20-10-9-19-17(22)15-11-14(18)7-8-16(15)21-12-13-5-3-2-4-6-13/h2-8,11H,9-10,12H2,1H3,(H,19,22). The summed E-state index contributed by atoms with van der Waals surface area (Å²) in [5.41, 5.74) is 1.99. The zero-order valence-corrected chi connectivity index (χ0v) is 14.7. The van der Waals surface area contributed by atoms with Gasteiger partial charge >= 0.3 is 0 Å². The van der Waals surface area contributed by atoms with Gasteiger partial charge in [0.1, 0.15) is 17.3 Å². The third-order valence-corrected chi connectivity index (χ3v) is 3.87. The lowest BCUT2D eigenvalue weighted by molar-refractivity contribution is 0.204. The number of hydrogen-bond donors (Lipinski definition) is 1. The maximum atomic E-state index is 5.93. The van der Waals surface area contributed by atoms with Gasteiger partial charge in [-0.2, -0.15) is 0 Å². The molecule has 0 fully saturated rings. The van der Waals surface area contributed by atoms with Gasteiger partial charge in [0.15, 0.2) is 0 Å². The van der Waals surface area contributed by atoms with E-state index >= 15 is 0 Å². The fourth-order valence-electron chi connectivity index (χ4n) is 1.90. The number of benzene rings is 2. The zero-order valence-electron chi connectivity index (χ0n) is 12.3. The van der Waals surface area contributed by atoms with E-state index in [0.29, 0.717) is 24.7 Å². The van der Waals surface area contributed by atoms with Gasteiger partial charge in [-0.25, -0.2) is 0 Å². The van der Waals surface area contributed by atoms with Crippen LogP contribution in [-0.4, -0.2) is 25.2 Å². The van der Waals surface area contributed by atoms with Crippen LogP contribution < -0.4 is 10.1 Å². The zero-order chi connectivity index (χ0) is 15.8. The molecular weight excluding hydrogens is 362 g/mol. The van der Waals surface area contributed by atoms with Crippen molar-refractivity contribution in [3.63, 3.8) is 0 Å². The SMILES string of the molecule is COCCNC(=S)c1cc(Br)ccc1OCc1ccccc1. The Morgan fingerprint density at radius 1 is 1.18 bits per heavy atom. The van der Waals surface area contributed by atoms with Gasteiger partial charge in [0.05, 0.1) is 12.2 Å². The van der Waals surface area contributed by atoms with Crippen LogP contribution in [-0.2, 0) is 11.3 Å². The number of rotatable bonds is 7. The molecule has 116 valence electrons. The maximum Gasteiger partial charge on any atom is 0.130 e. The quantitative estimate of drug-likeness (QED) is 0.582. The fourth-order valence-corrected chi connectivity index (χ4v) is 2.53. The first-order valence-electron chi connectivity index (χ1n) is 6.94. The molecule has 0 aliphatic carbocycles. The van der Waals surface area contributed by atoms with Gasteiger partial charge in [-0.05, 0) is 23.8 Å². The summed E-state index contributed by atoms with van der Waals surface area (Å²) in [7, 11) is 1.66. The first-order valence-corrected chi connectivity index (χ1v) is 8.14. The molecule has 2 aromatic carbocycles. The molecular formula is C17H18BrNO2S. The molecule has 0 amide bonds. The average Bonchev–Trinajstić information content (AvgIpc) is 2.54. The molecule has 5 heteroatoms. The summed E-state index contributed by atoms with van der Waals surface area (Å²) in [6.07, 6.45) is 0.